The van der Waals surface area contributed by atoms with Crippen LogP contribution in [0.3, 0.4) is 0 Å². The zero-order chi connectivity index (χ0) is 21.5. The molecular weight excluding hydrogens is 392 g/mol. The summed E-state index contributed by atoms with van der Waals surface area (Å²) in [6.07, 6.45) is 3.86. The maximum absolute atomic E-state index is 13.1. The number of hydrogen-bond donors (Lipinski definition) is 1. The predicted octanol–water partition coefficient (Wildman–Crippen LogP) is 5.85. The van der Waals surface area contributed by atoms with Crippen LogP contribution in [0.4, 0.5) is 0 Å². The summed E-state index contributed by atoms with van der Waals surface area (Å²) in [5.41, 5.74) is 6.13. The second-order valence-corrected chi connectivity index (χ2v) is 10.2. The smallest absolute Gasteiger partial charge is 0.226 e. The van der Waals surface area contributed by atoms with E-state index in [2.05, 4.69) is 60.0 Å². The average molecular weight is 423 g/mol. The molecule has 2 unspecified atom stereocenters. The minimum atomic E-state index is -0.0478. The molecule has 2 aromatic heterocycles. The van der Waals surface area contributed by atoms with Crippen molar-refractivity contribution in [3.8, 4) is 21.7 Å². The summed E-state index contributed by atoms with van der Waals surface area (Å²) in [5, 5.41) is 0. The predicted molar refractivity (Wildman–Crippen MR) is 122 cm³/mol. The van der Waals surface area contributed by atoms with Crippen molar-refractivity contribution in [2.75, 3.05) is 6.54 Å². The van der Waals surface area contributed by atoms with Crippen LogP contribution in [0.1, 0.15) is 58.1 Å². The third-order valence-electron chi connectivity index (χ3n) is 6.30. The Labute approximate surface area is 182 Å². The number of H-pyrrole nitrogens is 1. The molecule has 1 aromatic carbocycles. The Morgan fingerprint density at radius 1 is 1.27 bits per heavy atom. The second kappa shape index (κ2) is 7.99. The molecule has 1 aliphatic rings. The topological polar surface area (TPSA) is 61.9 Å². The van der Waals surface area contributed by atoms with Gasteiger partial charge in [-0.15, -0.1) is 11.3 Å². The van der Waals surface area contributed by atoms with Crippen LogP contribution >= 0.6 is 11.3 Å². The van der Waals surface area contributed by atoms with Crippen molar-refractivity contribution in [1.82, 2.24) is 19.9 Å². The summed E-state index contributed by atoms with van der Waals surface area (Å²) < 4.78 is 0. The van der Waals surface area contributed by atoms with Crippen LogP contribution in [0.5, 0.6) is 0 Å². The van der Waals surface area contributed by atoms with Gasteiger partial charge in [-0.3, -0.25) is 4.79 Å². The van der Waals surface area contributed by atoms with E-state index in [1.54, 1.807) is 11.3 Å². The molecule has 0 saturated carbocycles. The van der Waals surface area contributed by atoms with Gasteiger partial charge in [0, 0.05) is 18.0 Å². The number of benzene rings is 1. The van der Waals surface area contributed by atoms with E-state index in [-0.39, 0.29) is 23.3 Å². The van der Waals surface area contributed by atoms with Gasteiger partial charge >= 0.3 is 0 Å². The normalized spacial score (nSPS) is 18.0. The van der Waals surface area contributed by atoms with Crippen LogP contribution in [-0.2, 0) is 4.79 Å². The number of amides is 1. The first-order chi connectivity index (χ1) is 14.3. The highest BCUT2D eigenvalue weighted by atomic mass is 32.1. The van der Waals surface area contributed by atoms with Gasteiger partial charge in [0.1, 0.15) is 5.82 Å². The largest absolute Gasteiger partial charge is 0.340 e. The van der Waals surface area contributed by atoms with Crippen LogP contribution in [0, 0.1) is 18.3 Å². The van der Waals surface area contributed by atoms with Gasteiger partial charge in [0.2, 0.25) is 5.91 Å². The number of nitrogens with zero attached hydrogens (tertiary/aromatic N) is 3. The van der Waals surface area contributed by atoms with Crippen LogP contribution in [-0.4, -0.2) is 32.3 Å². The molecular formula is C24H30N4OS. The Morgan fingerprint density at radius 2 is 2.03 bits per heavy atom. The van der Waals surface area contributed by atoms with Crippen molar-refractivity contribution in [2.45, 2.75) is 53.5 Å². The van der Waals surface area contributed by atoms with Gasteiger partial charge in [0.25, 0.3) is 0 Å². The van der Waals surface area contributed by atoms with Gasteiger partial charge in [-0.05, 0) is 36.8 Å². The molecule has 6 heteroatoms. The van der Waals surface area contributed by atoms with E-state index in [0.717, 1.165) is 42.2 Å². The first-order valence-electron chi connectivity index (χ1n) is 10.6. The standard InChI is InChI=1S/C24H30N4OS/c1-15(24(3,4)5)23(29)28-11-7-10-20(28)22-25-13-19(27-22)17-8-6-9-18(12-17)21-16(2)26-14-30-21/h6,8-9,12-15,20H,7,10-11H2,1-5H3,(H,25,27). The summed E-state index contributed by atoms with van der Waals surface area (Å²) in [6.45, 7) is 11.3. The maximum atomic E-state index is 13.1. The molecule has 1 amide bonds. The molecule has 30 heavy (non-hydrogen) atoms. The lowest BCUT2D eigenvalue weighted by atomic mass is 9.81. The number of carbonyl (C=O) groups excluding carboxylic acids is 1. The fourth-order valence-corrected chi connectivity index (χ4v) is 4.80. The molecule has 0 aliphatic carbocycles. The van der Waals surface area contributed by atoms with Crippen LogP contribution in [0.15, 0.2) is 36.0 Å². The van der Waals surface area contributed by atoms with Crippen molar-refractivity contribution in [1.29, 1.82) is 0 Å². The third kappa shape index (κ3) is 3.93. The number of likely N-dealkylation sites (tertiary alicyclic amines) is 1. The number of imidazole rings is 1. The number of carbonyl (C=O) groups is 1. The number of thiazole rings is 1. The van der Waals surface area contributed by atoms with Crippen molar-refractivity contribution >= 4 is 17.2 Å². The zero-order valence-corrected chi connectivity index (χ0v) is 19.2. The Morgan fingerprint density at radius 3 is 2.73 bits per heavy atom. The number of aromatic nitrogens is 3. The molecule has 5 nitrogen and oxygen atoms in total. The number of aryl methyl sites for hydroxylation is 1. The molecule has 3 heterocycles. The molecule has 1 N–H and O–H groups in total. The number of nitrogens with one attached hydrogen (secondary N) is 1. The highest BCUT2D eigenvalue weighted by molar-refractivity contribution is 7.13. The summed E-state index contributed by atoms with van der Waals surface area (Å²) in [5.74, 6) is 1.09. The molecule has 1 fully saturated rings. The fourth-order valence-electron chi connectivity index (χ4n) is 3.99. The van der Waals surface area contributed by atoms with E-state index in [1.165, 1.54) is 10.4 Å². The van der Waals surface area contributed by atoms with E-state index in [1.807, 2.05) is 30.5 Å². The van der Waals surface area contributed by atoms with Crippen LogP contribution in [0.2, 0.25) is 0 Å². The highest BCUT2D eigenvalue weighted by Crippen LogP contribution is 2.36. The average Bonchev–Trinajstić information content (AvgIpc) is 3.46. The van der Waals surface area contributed by atoms with Gasteiger partial charge in [-0.1, -0.05) is 45.9 Å². The summed E-state index contributed by atoms with van der Waals surface area (Å²) >= 11 is 1.66. The monoisotopic (exact) mass is 422 g/mol. The van der Waals surface area contributed by atoms with Gasteiger partial charge in [0.15, 0.2) is 0 Å². The molecule has 2 atom stereocenters. The molecule has 0 radical (unpaired) electrons. The zero-order valence-electron chi connectivity index (χ0n) is 18.4. The van der Waals surface area contributed by atoms with E-state index in [9.17, 15) is 4.79 Å². The van der Waals surface area contributed by atoms with Gasteiger partial charge in [-0.25, -0.2) is 9.97 Å². The Balaban J connectivity index is 1.59. The molecule has 158 valence electrons. The van der Waals surface area contributed by atoms with Gasteiger partial charge in [-0.2, -0.15) is 0 Å². The lowest BCUT2D eigenvalue weighted by molar-refractivity contribution is -0.139. The van der Waals surface area contributed by atoms with Crippen molar-refractivity contribution in [2.24, 2.45) is 11.3 Å². The first kappa shape index (κ1) is 20.8. The third-order valence-corrected chi connectivity index (χ3v) is 7.28. The van der Waals surface area contributed by atoms with Gasteiger partial charge < -0.3 is 9.88 Å². The van der Waals surface area contributed by atoms with E-state index >= 15 is 0 Å². The second-order valence-electron chi connectivity index (χ2n) is 9.31. The minimum absolute atomic E-state index is 0.0214. The van der Waals surface area contributed by atoms with E-state index in [4.69, 9.17) is 0 Å². The van der Waals surface area contributed by atoms with Crippen molar-refractivity contribution in [3.05, 3.63) is 47.5 Å². The molecule has 3 aromatic rings. The van der Waals surface area contributed by atoms with Crippen molar-refractivity contribution < 1.29 is 4.79 Å². The molecule has 1 aliphatic heterocycles. The summed E-state index contributed by atoms with van der Waals surface area (Å²) in [6, 6.07) is 8.49. The van der Waals surface area contributed by atoms with Crippen LogP contribution < -0.4 is 0 Å². The Kier molecular flexibility index (Phi) is 5.53. The number of hydrogen-bond acceptors (Lipinski definition) is 4. The maximum Gasteiger partial charge on any atom is 0.226 e. The lowest BCUT2D eigenvalue weighted by Crippen LogP contribution is -2.39. The van der Waals surface area contributed by atoms with E-state index < -0.39 is 0 Å². The minimum Gasteiger partial charge on any atom is -0.340 e. The molecule has 0 spiro atoms. The first-order valence-corrected chi connectivity index (χ1v) is 11.5. The Bertz CT molecular complexity index is 1050. The highest BCUT2D eigenvalue weighted by Gasteiger charge is 2.37. The Hall–Kier alpha value is -2.47. The number of rotatable bonds is 4. The molecule has 0 bridgehead atoms. The SMILES string of the molecule is Cc1ncsc1-c1cccc(-c2cnc(C3CCCN3C(=O)C(C)C(C)(C)C)[nH]2)c1. The summed E-state index contributed by atoms with van der Waals surface area (Å²) in [7, 11) is 0. The quantitative estimate of drug-likeness (QED) is 0.573. The van der Waals surface area contributed by atoms with Crippen LogP contribution in [0.25, 0.3) is 21.7 Å². The fraction of sp³-hybridized carbons (Fsp3) is 0.458. The molecule has 1 saturated heterocycles. The van der Waals surface area contributed by atoms with Crippen molar-refractivity contribution in [3.63, 3.8) is 0 Å². The van der Waals surface area contributed by atoms with E-state index in [0.29, 0.717) is 0 Å². The van der Waals surface area contributed by atoms with Gasteiger partial charge in [0.05, 0.1) is 34.0 Å². The molecule has 4 rings (SSSR count). The lowest BCUT2D eigenvalue weighted by Gasteiger charge is -2.32. The summed E-state index contributed by atoms with van der Waals surface area (Å²) in [4.78, 5) is 28.9. The number of aromatic amines is 1.